The van der Waals surface area contributed by atoms with Gasteiger partial charge in [0, 0.05) is 0 Å². The zero-order valence-corrected chi connectivity index (χ0v) is 11.7. The van der Waals surface area contributed by atoms with Crippen LogP contribution in [0.3, 0.4) is 0 Å². The van der Waals surface area contributed by atoms with Crippen LogP contribution >= 0.6 is 0 Å². The van der Waals surface area contributed by atoms with Gasteiger partial charge in [-0.3, -0.25) is 4.79 Å². The molecule has 3 heteroatoms. The normalized spacial score (nSPS) is 13.2. The highest BCUT2D eigenvalue weighted by atomic mass is 16.5. The summed E-state index contributed by atoms with van der Waals surface area (Å²) in [6.07, 6.45) is 0.517. The fraction of sp³-hybridized carbons (Fsp3) is 0.533. The highest BCUT2D eigenvalue weighted by Gasteiger charge is 2.16. The average Bonchev–Trinajstić information content (AvgIpc) is 2.28. The van der Waals surface area contributed by atoms with Gasteiger partial charge in [-0.1, -0.05) is 45.0 Å². The molecule has 0 fully saturated rings. The van der Waals surface area contributed by atoms with Gasteiger partial charge in [-0.15, -0.1) is 0 Å². The van der Waals surface area contributed by atoms with Crippen LogP contribution in [0.5, 0.6) is 0 Å². The van der Waals surface area contributed by atoms with Crippen LogP contribution in [0.2, 0.25) is 0 Å². The minimum atomic E-state index is -0.578. The molecule has 0 aromatic heterocycles. The highest BCUT2D eigenvalue weighted by molar-refractivity contribution is 5.75. The molecule has 18 heavy (non-hydrogen) atoms. The molecule has 1 aromatic rings. The van der Waals surface area contributed by atoms with Crippen molar-refractivity contribution in [2.75, 3.05) is 6.61 Å². The second-order valence-corrected chi connectivity index (χ2v) is 5.51. The van der Waals surface area contributed by atoms with Crippen molar-refractivity contribution in [3.8, 4) is 0 Å². The van der Waals surface area contributed by atoms with E-state index in [2.05, 4.69) is 32.9 Å². The smallest absolute Gasteiger partial charge is 0.323 e. The molecule has 0 saturated carbocycles. The molecule has 100 valence electrons. The predicted octanol–water partition coefficient (Wildman–Crippen LogP) is 2.42. The first-order valence-corrected chi connectivity index (χ1v) is 6.36. The predicted molar refractivity (Wildman–Crippen MR) is 73.5 cm³/mol. The van der Waals surface area contributed by atoms with Crippen LogP contribution in [0, 0.1) is 0 Å². The molecule has 2 N–H and O–H groups in total. The third kappa shape index (κ3) is 4.15. The van der Waals surface area contributed by atoms with E-state index in [1.807, 2.05) is 12.1 Å². The summed E-state index contributed by atoms with van der Waals surface area (Å²) in [6.45, 7) is 8.67. The van der Waals surface area contributed by atoms with E-state index in [0.717, 1.165) is 5.56 Å². The van der Waals surface area contributed by atoms with E-state index in [-0.39, 0.29) is 11.4 Å². The zero-order chi connectivity index (χ0) is 13.8. The van der Waals surface area contributed by atoms with Gasteiger partial charge in [0.05, 0.1) is 6.61 Å². The second-order valence-electron chi connectivity index (χ2n) is 5.51. The molecule has 1 aromatic carbocycles. The van der Waals surface area contributed by atoms with E-state index in [1.54, 1.807) is 6.92 Å². The Balaban J connectivity index is 2.67. The highest BCUT2D eigenvalue weighted by Crippen LogP contribution is 2.22. The van der Waals surface area contributed by atoms with Gasteiger partial charge in [0.25, 0.3) is 0 Å². The summed E-state index contributed by atoms with van der Waals surface area (Å²) in [4.78, 5) is 11.4. The fourth-order valence-corrected chi connectivity index (χ4v) is 1.73. The van der Waals surface area contributed by atoms with Gasteiger partial charge in [0.15, 0.2) is 0 Å². The summed E-state index contributed by atoms with van der Waals surface area (Å²) in [7, 11) is 0. The second kappa shape index (κ2) is 6.01. The number of nitrogens with two attached hydrogens (primary N) is 1. The first kappa shape index (κ1) is 14.7. The molecule has 0 heterocycles. The van der Waals surface area contributed by atoms with E-state index in [0.29, 0.717) is 13.0 Å². The Morgan fingerprint density at radius 1 is 1.28 bits per heavy atom. The van der Waals surface area contributed by atoms with Gasteiger partial charge in [-0.25, -0.2) is 0 Å². The van der Waals surface area contributed by atoms with Crippen molar-refractivity contribution in [2.24, 2.45) is 5.73 Å². The van der Waals surface area contributed by atoms with Crippen LogP contribution in [0.25, 0.3) is 0 Å². The number of hydrogen-bond donors (Lipinski definition) is 1. The van der Waals surface area contributed by atoms with Crippen molar-refractivity contribution in [1.29, 1.82) is 0 Å². The molecule has 0 aliphatic rings. The standard InChI is InChI=1S/C15H23NO2/c1-5-18-14(17)13(16)10-11-6-8-12(9-7-11)15(2,3)4/h6-9,13H,5,10,16H2,1-4H3. The molecule has 0 aliphatic heterocycles. The minimum absolute atomic E-state index is 0.141. The molecule has 0 radical (unpaired) electrons. The van der Waals surface area contributed by atoms with Gasteiger partial charge in [0.2, 0.25) is 0 Å². The summed E-state index contributed by atoms with van der Waals surface area (Å²) >= 11 is 0. The molecule has 0 spiro atoms. The monoisotopic (exact) mass is 249 g/mol. The molecule has 1 atom stereocenters. The Labute approximate surface area is 109 Å². The Hall–Kier alpha value is -1.35. The van der Waals surface area contributed by atoms with Crippen LogP contribution in [-0.4, -0.2) is 18.6 Å². The Kier molecular flexibility index (Phi) is 4.91. The molecule has 0 aliphatic carbocycles. The number of carbonyl (C=O) groups is 1. The van der Waals surface area contributed by atoms with Crippen molar-refractivity contribution in [2.45, 2.75) is 45.6 Å². The Morgan fingerprint density at radius 2 is 1.83 bits per heavy atom. The molecule has 0 amide bonds. The largest absolute Gasteiger partial charge is 0.465 e. The van der Waals surface area contributed by atoms with Gasteiger partial charge >= 0.3 is 5.97 Å². The molecule has 0 bridgehead atoms. The summed E-state index contributed by atoms with van der Waals surface area (Å²) in [5, 5.41) is 0. The number of hydrogen-bond acceptors (Lipinski definition) is 3. The lowest BCUT2D eigenvalue weighted by atomic mass is 9.86. The van der Waals surface area contributed by atoms with Crippen molar-refractivity contribution < 1.29 is 9.53 Å². The number of carbonyl (C=O) groups excluding carboxylic acids is 1. The molecule has 1 rings (SSSR count). The van der Waals surface area contributed by atoms with E-state index >= 15 is 0 Å². The minimum Gasteiger partial charge on any atom is -0.465 e. The van der Waals surface area contributed by atoms with Crippen molar-refractivity contribution in [1.82, 2.24) is 0 Å². The van der Waals surface area contributed by atoms with Crippen molar-refractivity contribution >= 4 is 5.97 Å². The molecular formula is C15H23NO2. The maximum absolute atomic E-state index is 11.4. The van der Waals surface area contributed by atoms with Crippen LogP contribution in [-0.2, 0) is 21.4 Å². The van der Waals surface area contributed by atoms with Crippen molar-refractivity contribution in [3.05, 3.63) is 35.4 Å². The quantitative estimate of drug-likeness (QED) is 0.834. The van der Waals surface area contributed by atoms with E-state index in [4.69, 9.17) is 10.5 Å². The first-order chi connectivity index (χ1) is 8.34. The summed E-state index contributed by atoms with van der Waals surface area (Å²) in [5.41, 5.74) is 8.26. The van der Waals surface area contributed by atoms with Crippen LogP contribution in [0.1, 0.15) is 38.8 Å². The Bertz CT molecular complexity index is 390. The number of rotatable bonds is 4. The van der Waals surface area contributed by atoms with Gasteiger partial charge in [-0.2, -0.15) is 0 Å². The number of ether oxygens (including phenoxy) is 1. The lowest BCUT2D eigenvalue weighted by Crippen LogP contribution is -2.34. The maximum atomic E-state index is 11.4. The molecule has 0 saturated heterocycles. The van der Waals surface area contributed by atoms with Gasteiger partial charge in [0.1, 0.15) is 6.04 Å². The summed E-state index contributed by atoms with van der Waals surface area (Å²) < 4.78 is 4.89. The van der Waals surface area contributed by atoms with Gasteiger partial charge < -0.3 is 10.5 Å². The fourth-order valence-electron chi connectivity index (χ4n) is 1.73. The lowest BCUT2D eigenvalue weighted by molar-refractivity contribution is -0.144. The summed E-state index contributed by atoms with van der Waals surface area (Å²) in [6, 6.07) is 7.66. The number of benzene rings is 1. The number of esters is 1. The molecule has 1 unspecified atom stereocenters. The van der Waals surface area contributed by atoms with E-state index in [9.17, 15) is 4.79 Å². The molecular weight excluding hydrogens is 226 g/mol. The third-order valence-corrected chi connectivity index (χ3v) is 2.86. The van der Waals surface area contributed by atoms with Crippen LogP contribution in [0.4, 0.5) is 0 Å². The van der Waals surface area contributed by atoms with E-state index in [1.165, 1.54) is 5.56 Å². The van der Waals surface area contributed by atoms with Gasteiger partial charge in [-0.05, 0) is 29.9 Å². The zero-order valence-electron chi connectivity index (χ0n) is 11.7. The lowest BCUT2D eigenvalue weighted by Gasteiger charge is -2.19. The summed E-state index contributed by atoms with van der Waals surface area (Å²) in [5.74, 6) is -0.336. The SMILES string of the molecule is CCOC(=O)C(N)Cc1ccc(C(C)(C)C)cc1. The third-order valence-electron chi connectivity index (χ3n) is 2.86. The molecule has 3 nitrogen and oxygen atoms in total. The average molecular weight is 249 g/mol. The van der Waals surface area contributed by atoms with Crippen LogP contribution in [0.15, 0.2) is 24.3 Å². The topological polar surface area (TPSA) is 52.3 Å². The van der Waals surface area contributed by atoms with Crippen LogP contribution < -0.4 is 5.73 Å². The van der Waals surface area contributed by atoms with E-state index < -0.39 is 6.04 Å². The Morgan fingerprint density at radius 3 is 2.28 bits per heavy atom. The first-order valence-electron chi connectivity index (χ1n) is 6.36. The van der Waals surface area contributed by atoms with Crippen molar-refractivity contribution in [3.63, 3.8) is 0 Å². The maximum Gasteiger partial charge on any atom is 0.323 e.